The zero-order valence-corrected chi connectivity index (χ0v) is 22.8. The first kappa shape index (κ1) is 28.3. The number of aliphatic hydroxyl groups is 1. The summed E-state index contributed by atoms with van der Waals surface area (Å²) >= 11 is 0. The van der Waals surface area contributed by atoms with Crippen molar-refractivity contribution in [2.24, 2.45) is 0 Å². The molecular formula is C30H40N2O5. The van der Waals surface area contributed by atoms with Gasteiger partial charge in [-0.05, 0) is 67.9 Å². The fraction of sp³-hybridized carbons (Fsp3) is 0.467. The van der Waals surface area contributed by atoms with Crippen LogP contribution in [0.1, 0.15) is 62.8 Å². The summed E-state index contributed by atoms with van der Waals surface area (Å²) < 4.78 is 11.1. The summed E-state index contributed by atoms with van der Waals surface area (Å²) in [6.07, 6.45) is 3.23. The Morgan fingerprint density at radius 1 is 1.00 bits per heavy atom. The van der Waals surface area contributed by atoms with Gasteiger partial charge in [0.15, 0.2) is 0 Å². The van der Waals surface area contributed by atoms with Crippen LogP contribution in [0.3, 0.4) is 0 Å². The number of methoxy groups -OCH3 is 1. The fourth-order valence-corrected chi connectivity index (χ4v) is 4.71. The lowest BCUT2D eigenvalue weighted by atomic mass is 9.94. The topological polar surface area (TPSA) is 79.3 Å². The van der Waals surface area contributed by atoms with Crippen molar-refractivity contribution in [3.63, 3.8) is 0 Å². The van der Waals surface area contributed by atoms with Gasteiger partial charge in [0.25, 0.3) is 11.7 Å². The maximum Gasteiger partial charge on any atom is 0.295 e. The maximum atomic E-state index is 13.3. The number of aliphatic hydroxyl groups excluding tert-OH is 1. The highest BCUT2D eigenvalue weighted by atomic mass is 16.5. The van der Waals surface area contributed by atoms with Crippen molar-refractivity contribution in [3.05, 3.63) is 64.7 Å². The summed E-state index contributed by atoms with van der Waals surface area (Å²) in [6.45, 7) is 11.5. The molecule has 1 atom stereocenters. The normalized spacial score (nSPS) is 17.0. The molecule has 1 heterocycles. The van der Waals surface area contributed by atoms with E-state index >= 15 is 0 Å². The van der Waals surface area contributed by atoms with Gasteiger partial charge in [-0.1, -0.05) is 45.7 Å². The Hall–Kier alpha value is -3.32. The Labute approximate surface area is 220 Å². The highest BCUT2D eigenvalue weighted by molar-refractivity contribution is 6.46. The summed E-state index contributed by atoms with van der Waals surface area (Å²) in [5, 5.41) is 11.4. The molecule has 2 aromatic carbocycles. The van der Waals surface area contributed by atoms with E-state index in [0.717, 1.165) is 49.2 Å². The standard InChI is InChI=1S/C30H40N2O5/c1-6-9-10-19-37-23-13-11-22(12-14-23)27-26(28(33)25-16-15-24(36-5)20-21(25)4)29(34)30(35)32(27)18-17-31(7-2)8-3/h11-16,20,27,33H,6-10,17-19H2,1-5H3/b28-26+. The second kappa shape index (κ2) is 13.3. The molecule has 1 aliphatic heterocycles. The Kier molecular flexibility index (Phi) is 10.1. The molecule has 0 radical (unpaired) electrons. The van der Waals surface area contributed by atoms with E-state index in [4.69, 9.17) is 9.47 Å². The molecule has 0 saturated carbocycles. The number of carbonyl (C=O) groups is 2. The first-order valence-corrected chi connectivity index (χ1v) is 13.2. The minimum absolute atomic E-state index is 0.106. The van der Waals surface area contributed by atoms with Crippen LogP contribution in [0.2, 0.25) is 0 Å². The van der Waals surface area contributed by atoms with E-state index in [0.29, 0.717) is 31.0 Å². The monoisotopic (exact) mass is 508 g/mol. The second-order valence-corrected chi connectivity index (χ2v) is 9.32. The van der Waals surface area contributed by atoms with Crippen molar-refractivity contribution in [1.82, 2.24) is 9.80 Å². The number of nitrogens with zero attached hydrogens (tertiary/aromatic N) is 2. The molecule has 1 fully saturated rings. The molecule has 200 valence electrons. The number of likely N-dealkylation sites (tertiary alicyclic amines) is 1. The molecular weight excluding hydrogens is 468 g/mol. The molecule has 0 bridgehead atoms. The van der Waals surface area contributed by atoms with E-state index in [1.54, 1.807) is 30.2 Å². The number of ketones is 1. The van der Waals surface area contributed by atoms with Crippen molar-refractivity contribution in [2.45, 2.75) is 53.0 Å². The second-order valence-electron chi connectivity index (χ2n) is 9.32. The fourth-order valence-electron chi connectivity index (χ4n) is 4.71. The lowest BCUT2D eigenvalue weighted by Gasteiger charge is -2.28. The number of ether oxygens (including phenoxy) is 2. The first-order chi connectivity index (χ1) is 17.9. The van der Waals surface area contributed by atoms with Gasteiger partial charge in [0.05, 0.1) is 25.3 Å². The van der Waals surface area contributed by atoms with Crippen LogP contribution < -0.4 is 9.47 Å². The molecule has 7 heteroatoms. The molecule has 1 saturated heterocycles. The zero-order chi connectivity index (χ0) is 26.9. The van der Waals surface area contributed by atoms with Gasteiger partial charge in [0.1, 0.15) is 17.3 Å². The van der Waals surface area contributed by atoms with Crippen LogP contribution >= 0.6 is 0 Å². The van der Waals surface area contributed by atoms with Gasteiger partial charge in [-0.25, -0.2) is 0 Å². The predicted octanol–water partition coefficient (Wildman–Crippen LogP) is 5.34. The Morgan fingerprint density at radius 3 is 2.27 bits per heavy atom. The van der Waals surface area contributed by atoms with Crippen LogP contribution in [-0.2, 0) is 9.59 Å². The van der Waals surface area contributed by atoms with Gasteiger partial charge in [-0.2, -0.15) is 0 Å². The highest BCUT2D eigenvalue weighted by Gasteiger charge is 2.46. The van der Waals surface area contributed by atoms with Crippen molar-refractivity contribution in [1.29, 1.82) is 0 Å². The third-order valence-corrected chi connectivity index (χ3v) is 6.99. The quantitative estimate of drug-likeness (QED) is 0.170. The lowest BCUT2D eigenvalue weighted by Crippen LogP contribution is -2.38. The highest BCUT2D eigenvalue weighted by Crippen LogP contribution is 2.40. The van der Waals surface area contributed by atoms with Crippen LogP contribution in [-0.4, -0.2) is 66.5 Å². The van der Waals surface area contributed by atoms with E-state index in [1.165, 1.54) is 0 Å². The van der Waals surface area contributed by atoms with Crippen LogP contribution in [0.25, 0.3) is 5.76 Å². The first-order valence-electron chi connectivity index (χ1n) is 13.2. The molecule has 1 amide bonds. The molecule has 1 aliphatic rings. The predicted molar refractivity (Wildman–Crippen MR) is 146 cm³/mol. The van der Waals surface area contributed by atoms with Gasteiger partial charge in [-0.3, -0.25) is 9.59 Å². The third-order valence-electron chi connectivity index (χ3n) is 6.99. The summed E-state index contributed by atoms with van der Waals surface area (Å²) in [5.41, 5.74) is 2.12. The maximum absolute atomic E-state index is 13.3. The van der Waals surface area contributed by atoms with Gasteiger partial charge in [0, 0.05) is 18.7 Å². The largest absolute Gasteiger partial charge is 0.507 e. The van der Waals surface area contributed by atoms with E-state index in [-0.39, 0.29) is 11.3 Å². The van der Waals surface area contributed by atoms with Gasteiger partial charge in [-0.15, -0.1) is 0 Å². The smallest absolute Gasteiger partial charge is 0.295 e. The van der Waals surface area contributed by atoms with Crippen LogP contribution in [0.5, 0.6) is 11.5 Å². The summed E-state index contributed by atoms with van der Waals surface area (Å²) in [6, 6.07) is 12.1. The van der Waals surface area contributed by atoms with Crippen LogP contribution in [0.4, 0.5) is 0 Å². The number of rotatable bonds is 13. The summed E-state index contributed by atoms with van der Waals surface area (Å²) in [5.74, 6) is -0.0404. The summed E-state index contributed by atoms with van der Waals surface area (Å²) in [7, 11) is 1.58. The number of aryl methyl sites for hydroxylation is 1. The van der Waals surface area contributed by atoms with Gasteiger partial charge in [0.2, 0.25) is 0 Å². The average Bonchev–Trinajstić information content (AvgIpc) is 3.16. The van der Waals surface area contributed by atoms with Gasteiger partial charge >= 0.3 is 0 Å². The lowest BCUT2D eigenvalue weighted by molar-refractivity contribution is -0.140. The number of carbonyl (C=O) groups excluding carboxylic acids is 2. The number of likely N-dealkylation sites (N-methyl/N-ethyl adjacent to an activating group) is 1. The molecule has 2 aromatic rings. The van der Waals surface area contributed by atoms with E-state index in [1.807, 2.05) is 31.2 Å². The Morgan fingerprint density at radius 2 is 1.68 bits per heavy atom. The number of hydrogen-bond donors (Lipinski definition) is 1. The minimum Gasteiger partial charge on any atom is -0.507 e. The molecule has 0 aromatic heterocycles. The van der Waals surface area contributed by atoms with Crippen molar-refractivity contribution >= 4 is 17.4 Å². The number of unbranched alkanes of at least 4 members (excludes halogenated alkanes) is 2. The minimum atomic E-state index is -0.689. The molecule has 1 N–H and O–H groups in total. The van der Waals surface area contributed by atoms with Crippen molar-refractivity contribution < 1.29 is 24.2 Å². The average molecular weight is 509 g/mol. The van der Waals surface area contributed by atoms with Crippen molar-refractivity contribution in [2.75, 3.05) is 39.9 Å². The SMILES string of the molecule is CCCCCOc1ccc(C2/C(=C(\O)c3ccc(OC)cc3C)C(=O)C(=O)N2CCN(CC)CC)cc1. The Bertz CT molecular complexity index is 1110. The number of benzene rings is 2. The molecule has 0 aliphatic carbocycles. The van der Waals surface area contributed by atoms with Crippen LogP contribution in [0.15, 0.2) is 48.0 Å². The third kappa shape index (κ3) is 6.52. The van der Waals surface area contributed by atoms with E-state index < -0.39 is 17.7 Å². The van der Waals surface area contributed by atoms with Crippen LogP contribution in [0, 0.1) is 6.92 Å². The number of amides is 1. The molecule has 0 spiro atoms. The Balaban J connectivity index is 2.02. The summed E-state index contributed by atoms with van der Waals surface area (Å²) in [4.78, 5) is 30.4. The van der Waals surface area contributed by atoms with E-state index in [9.17, 15) is 14.7 Å². The molecule has 3 rings (SSSR count). The molecule has 1 unspecified atom stereocenters. The van der Waals surface area contributed by atoms with Crippen molar-refractivity contribution in [3.8, 4) is 11.5 Å². The number of hydrogen-bond acceptors (Lipinski definition) is 6. The molecule has 37 heavy (non-hydrogen) atoms. The van der Waals surface area contributed by atoms with E-state index in [2.05, 4.69) is 25.7 Å². The zero-order valence-electron chi connectivity index (χ0n) is 22.8. The van der Waals surface area contributed by atoms with Gasteiger partial charge < -0.3 is 24.4 Å². The number of Topliss-reactive ketones (excluding diaryl/α,β-unsaturated/α-hetero) is 1. The molecule has 7 nitrogen and oxygen atoms in total.